The molecular weight excluding hydrogens is 232 g/mol. The van der Waals surface area contributed by atoms with Crippen LogP contribution in [-0.2, 0) is 4.74 Å². The molecule has 1 aromatic rings. The van der Waals surface area contributed by atoms with E-state index in [0.29, 0.717) is 30.4 Å². The number of hydrogen-bond acceptors (Lipinski definition) is 3. The third-order valence-electron chi connectivity index (χ3n) is 2.51. The molecule has 1 unspecified atom stereocenters. The Bertz CT molecular complexity index is 380. The number of ether oxygens (including phenoxy) is 1. The first-order valence-corrected chi connectivity index (χ1v) is 5.44. The van der Waals surface area contributed by atoms with E-state index >= 15 is 0 Å². The van der Waals surface area contributed by atoms with Gasteiger partial charge in [0.15, 0.2) is 0 Å². The summed E-state index contributed by atoms with van der Waals surface area (Å²) in [5.74, 6) is -0.117. The standard InChI is InChI=1S/C10H13ClN2O3/c11-7-3-9(12-4-7)10(15)13-1-2-16-8(5-13)6-14/h3-4,8,12,14H,1-2,5-6H2. The molecule has 0 spiro atoms. The lowest BCUT2D eigenvalue weighted by atomic mass is 10.2. The van der Waals surface area contributed by atoms with Crippen LogP contribution in [-0.4, -0.2) is 53.3 Å². The van der Waals surface area contributed by atoms with Gasteiger partial charge in [-0.1, -0.05) is 11.6 Å². The molecule has 1 aromatic heterocycles. The monoisotopic (exact) mass is 244 g/mol. The van der Waals surface area contributed by atoms with E-state index in [1.54, 1.807) is 17.2 Å². The zero-order valence-corrected chi connectivity index (χ0v) is 9.41. The minimum Gasteiger partial charge on any atom is -0.394 e. The number of aliphatic hydroxyl groups excluding tert-OH is 1. The van der Waals surface area contributed by atoms with E-state index < -0.39 is 0 Å². The molecule has 1 fully saturated rings. The second kappa shape index (κ2) is 4.86. The van der Waals surface area contributed by atoms with Crippen molar-refractivity contribution in [1.82, 2.24) is 9.88 Å². The summed E-state index contributed by atoms with van der Waals surface area (Å²) in [6.07, 6.45) is 1.28. The minimum atomic E-state index is -0.289. The van der Waals surface area contributed by atoms with Gasteiger partial charge in [-0.25, -0.2) is 0 Å². The van der Waals surface area contributed by atoms with Crippen LogP contribution in [0.2, 0.25) is 5.02 Å². The summed E-state index contributed by atoms with van der Waals surface area (Å²) in [5.41, 5.74) is 0.462. The number of hydrogen-bond donors (Lipinski definition) is 2. The Morgan fingerprint density at radius 2 is 2.56 bits per heavy atom. The summed E-state index contributed by atoms with van der Waals surface area (Å²) in [4.78, 5) is 16.4. The second-order valence-corrected chi connectivity index (χ2v) is 4.09. The van der Waals surface area contributed by atoms with Crippen molar-refractivity contribution < 1.29 is 14.6 Å². The average molecular weight is 245 g/mol. The highest BCUT2D eigenvalue weighted by Gasteiger charge is 2.25. The van der Waals surface area contributed by atoms with Crippen molar-refractivity contribution in [2.24, 2.45) is 0 Å². The molecule has 5 nitrogen and oxygen atoms in total. The first kappa shape index (κ1) is 11.4. The van der Waals surface area contributed by atoms with Gasteiger partial charge in [0, 0.05) is 19.3 Å². The van der Waals surface area contributed by atoms with Crippen LogP contribution in [0.4, 0.5) is 0 Å². The third kappa shape index (κ3) is 2.37. The Balaban J connectivity index is 2.04. The van der Waals surface area contributed by atoms with Crippen LogP contribution < -0.4 is 0 Å². The highest BCUT2D eigenvalue weighted by Crippen LogP contribution is 2.13. The zero-order chi connectivity index (χ0) is 11.5. The molecule has 1 saturated heterocycles. The van der Waals surface area contributed by atoms with Crippen LogP contribution in [0, 0.1) is 0 Å². The van der Waals surface area contributed by atoms with Crippen LogP contribution in [0.3, 0.4) is 0 Å². The molecule has 0 aromatic carbocycles. The van der Waals surface area contributed by atoms with Gasteiger partial charge in [-0.3, -0.25) is 4.79 Å². The van der Waals surface area contributed by atoms with Crippen molar-refractivity contribution in [1.29, 1.82) is 0 Å². The van der Waals surface area contributed by atoms with Crippen LogP contribution >= 0.6 is 11.6 Å². The number of H-pyrrole nitrogens is 1. The number of amides is 1. The molecule has 1 aliphatic rings. The quantitative estimate of drug-likeness (QED) is 0.796. The van der Waals surface area contributed by atoms with E-state index in [-0.39, 0.29) is 18.6 Å². The molecular formula is C10H13ClN2O3. The van der Waals surface area contributed by atoms with E-state index in [4.69, 9.17) is 21.4 Å². The molecule has 0 radical (unpaired) electrons. The second-order valence-electron chi connectivity index (χ2n) is 3.66. The minimum absolute atomic E-state index is 0.0741. The van der Waals surface area contributed by atoms with Crippen LogP contribution in [0.1, 0.15) is 10.5 Å². The van der Waals surface area contributed by atoms with Crippen molar-refractivity contribution in [3.8, 4) is 0 Å². The average Bonchev–Trinajstić information content (AvgIpc) is 2.75. The normalized spacial score (nSPS) is 21.1. The lowest BCUT2D eigenvalue weighted by Gasteiger charge is -2.31. The fourth-order valence-corrected chi connectivity index (χ4v) is 1.84. The number of nitrogens with zero attached hydrogens (tertiary/aromatic N) is 1. The van der Waals surface area contributed by atoms with E-state index in [1.165, 1.54) is 0 Å². The lowest BCUT2D eigenvalue weighted by molar-refractivity contribution is -0.0448. The Hall–Kier alpha value is -1.04. The van der Waals surface area contributed by atoms with Crippen LogP contribution in [0.5, 0.6) is 0 Å². The number of aliphatic hydroxyl groups is 1. The smallest absolute Gasteiger partial charge is 0.270 e. The molecule has 1 atom stereocenters. The maximum atomic E-state index is 12.0. The Morgan fingerprint density at radius 1 is 1.75 bits per heavy atom. The van der Waals surface area contributed by atoms with E-state index in [9.17, 15) is 4.79 Å². The molecule has 1 aliphatic heterocycles. The van der Waals surface area contributed by atoms with Crippen molar-refractivity contribution in [2.75, 3.05) is 26.3 Å². The molecule has 16 heavy (non-hydrogen) atoms. The first-order valence-electron chi connectivity index (χ1n) is 5.06. The topological polar surface area (TPSA) is 65.6 Å². The van der Waals surface area contributed by atoms with Gasteiger partial charge in [-0.2, -0.15) is 0 Å². The summed E-state index contributed by atoms with van der Waals surface area (Å²) >= 11 is 5.73. The molecule has 88 valence electrons. The number of nitrogens with one attached hydrogen (secondary N) is 1. The van der Waals surface area contributed by atoms with Gasteiger partial charge >= 0.3 is 0 Å². The highest BCUT2D eigenvalue weighted by molar-refractivity contribution is 6.30. The summed E-state index contributed by atoms with van der Waals surface area (Å²) < 4.78 is 5.27. The molecule has 0 saturated carbocycles. The molecule has 6 heteroatoms. The number of carbonyl (C=O) groups excluding carboxylic acids is 1. The summed E-state index contributed by atoms with van der Waals surface area (Å²) in [5, 5.41) is 9.48. The summed E-state index contributed by atoms with van der Waals surface area (Å²) in [7, 11) is 0. The molecule has 2 heterocycles. The number of aromatic amines is 1. The van der Waals surface area contributed by atoms with Gasteiger partial charge in [-0.15, -0.1) is 0 Å². The lowest BCUT2D eigenvalue weighted by Crippen LogP contribution is -2.47. The fourth-order valence-electron chi connectivity index (χ4n) is 1.68. The van der Waals surface area contributed by atoms with E-state index in [2.05, 4.69) is 4.98 Å². The highest BCUT2D eigenvalue weighted by atomic mass is 35.5. The van der Waals surface area contributed by atoms with Crippen molar-refractivity contribution in [2.45, 2.75) is 6.10 Å². The van der Waals surface area contributed by atoms with Crippen molar-refractivity contribution in [3.63, 3.8) is 0 Å². The first-order chi connectivity index (χ1) is 7.70. The largest absolute Gasteiger partial charge is 0.394 e. The SMILES string of the molecule is O=C(c1cc(Cl)c[nH]1)N1CCOC(CO)C1. The van der Waals surface area contributed by atoms with Crippen molar-refractivity contribution in [3.05, 3.63) is 23.0 Å². The Kier molecular flexibility index (Phi) is 3.48. The maximum Gasteiger partial charge on any atom is 0.270 e. The number of rotatable bonds is 2. The summed E-state index contributed by atoms with van der Waals surface area (Å²) in [6.45, 7) is 1.32. The number of morpholine rings is 1. The third-order valence-corrected chi connectivity index (χ3v) is 2.73. The number of carbonyl (C=O) groups is 1. The van der Waals surface area contributed by atoms with Crippen LogP contribution in [0.15, 0.2) is 12.3 Å². The predicted molar refractivity (Wildman–Crippen MR) is 58.5 cm³/mol. The molecule has 0 bridgehead atoms. The zero-order valence-electron chi connectivity index (χ0n) is 8.65. The number of aromatic nitrogens is 1. The maximum absolute atomic E-state index is 12.0. The molecule has 2 N–H and O–H groups in total. The van der Waals surface area contributed by atoms with Gasteiger partial charge in [0.25, 0.3) is 5.91 Å². The van der Waals surface area contributed by atoms with Gasteiger partial charge in [0.05, 0.1) is 24.3 Å². The fraction of sp³-hybridized carbons (Fsp3) is 0.500. The van der Waals surface area contributed by atoms with E-state index in [0.717, 1.165) is 0 Å². The molecule has 1 amide bonds. The molecule has 0 aliphatic carbocycles. The van der Waals surface area contributed by atoms with Gasteiger partial charge in [0.1, 0.15) is 5.69 Å². The number of halogens is 1. The van der Waals surface area contributed by atoms with E-state index in [1.807, 2.05) is 0 Å². The van der Waals surface area contributed by atoms with Gasteiger partial charge in [0.2, 0.25) is 0 Å². The Morgan fingerprint density at radius 3 is 3.19 bits per heavy atom. The predicted octanol–water partition coefficient (Wildman–Crippen LogP) is 0.501. The van der Waals surface area contributed by atoms with Gasteiger partial charge < -0.3 is 19.7 Å². The summed E-state index contributed by atoms with van der Waals surface area (Å²) in [6, 6.07) is 1.59. The van der Waals surface area contributed by atoms with Gasteiger partial charge in [-0.05, 0) is 6.07 Å². The van der Waals surface area contributed by atoms with Crippen LogP contribution in [0.25, 0.3) is 0 Å². The van der Waals surface area contributed by atoms with Crippen molar-refractivity contribution >= 4 is 17.5 Å². The molecule has 2 rings (SSSR count). The Labute approximate surface area is 98.0 Å².